The maximum Gasteiger partial charge on any atom is 0.388 e. The van der Waals surface area contributed by atoms with Gasteiger partial charge in [-0.15, -0.1) is 0 Å². The number of benzene rings is 2. The molecule has 1 N–H and O–H groups in total. The van der Waals surface area contributed by atoms with Crippen molar-refractivity contribution in [3.8, 4) is 17.0 Å². The number of rotatable bonds is 8. The van der Waals surface area contributed by atoms with Crippen LogP contribution in [0.2, 0.25) is 0 Å². The molecule has 3 aromatic rings. The maximum absolute atomic E-state index is 13.2. The molecule has 0 aliphatic carbocycles. The Balaban J connectivity index is 1.46. The minimum absolute atomic E-state index is 0.0643. The van der Waals surface area contributed by atoms with Crippen molar-refractivity contribution in [1.82, 2.24) is 14.6 Å². The Kier molecular flexibility index (Phi) is 7.60. The summed E-state index contributed by atoms with van der Waals surface area (Å²) in [5.74, 6) is -1.16. The molecule has 1 saturated heterocycles. The van der Waals surface area contributed by atoms with E-state index in [0.717, 1.165) is 33.1 Å². The van der Waals surface area contributed by atoms with Crippen molar-refractivity contribution in [1.29, 1.82) is 0 Å². The fraction of sp³-hybridized carbons (Fsp3) is 0.280. The van der Waals surface area contributed by atoms with Gasteiger partial charge in [0.1, 0.15) is 11.9 Å². The second-order valence-corrected chi connectivity index (χ2v) is 10.3. The molecular formula is C25H24F3N3O4S. The van der Waals surface area contributed by atoms with E-state index in [1.54, 1.807) is 6.07 Å². The lowest BCUT2D eigenvalue weighted by atomic mass is 10.0. The van der Waals surface area contributed by atoms with E-state index in [2.05, 4.69) is 15.0 Å². The number of amides is 1. The van der Waals surface area contributed by atoms with Crippen LogP contribution in [-0.4, -0.2) is 42.8 Å². The van der Waals surface area contributed by atoms with Crippen molar-refractivity contribution < 1.29 is 31.1 Å². The quantitative estimate of drug-likeness (QED) is 0.480. The van der Waals surface area contributed by atoms with Gasteiger partial charge in [-0.3, -0.25) is 4.79 Å². The maximum atomic E-state index is 13.2. The number of hydrogen-bond acceptors (Lipinski definition) is 5. The highest BCUT2D eigenvalue weighted by molar-refractivity contribution is 7.89. The summed E-state index contributed by atoms with van der Waals surface area (Å²) >= 11 is 0. The van der Waals surface area contributed by atoms with Crippen LogP contribution in [0.5, 0.6) is 5.88 Å². The van der Waals surface area contributed by atoms with E-state index in [4.69, 9.17) is 0 Å². The monoisotopic (exact) mass is 519 g/mol. The van der Waals surface area contributed by atoms with Gasteiger partial charge in [-0.1, -0.05) is 17.7 Å². The molecule has 190 valence electrons. The number of hydrogen-bond donors (Lipinski definition) is 1. The number of ether oxygens (including phenoxy) is 1. The summed E-state index contributed by atoms with van der Waals surface area (Å²) < 4.78 is 69.4. The summed E-state index contributed by atoms with van der Waals surface area (Å²) in [5.41, 5.74) is 3.14. The van der Waals surface area contributed by atoms with Gasteiger partial charge in [0.25, 0.3) is 0 Å². The third kappa shape index (κ3) is 5.85. The molecule has 36 heavy (non-hydrogen) atoms. The molecule has 1 amide bonds. The molecule has 7 nitrogen and oxygen atoms in total. The van der Waals surface area contributed by atoms with E-state index < -0.39 is 34.4 Å². The van der Waals surface area contributed by atoms with Crippen LogP contribution in [0.3, 0.4) is 0 Å². The zero-order valence-corrected chi connectivity index (χ0v) is 20.1. The van der Waals surface area contributed by atoms with Crippen LogP contribution < -0.4 is 10.1 Å². The largest absolute Gasteiger partial charge is 0.417 e. The highest BCUT2D eigenvalue weighted by atomic mass is 32.2. The summed E-state index contributed by atoms with van der Waals surface area (Å²) in [7, 11) is -3.95. The summed E-state index contributed by atoms with van der Waals surface area (Å²) in [6.07, 6.45) is 2.33. The van der Waals surface area contributed by atoms with Crippen LogP contribution in [0, 0.1) is 12.7 Å². The van der Waals surface area contributed by atoms with E-state index in [9.17, 15) is 26.4 Å². The average molecular weight is 520 g/mol. The van der Waals surface area contributed by atoms with Crippen LogP contribution in [0.15, 0.2) is 65.7 Å². The van der Waals surface area contributed by atoms with Gasteiger partial charge in [0.2, 0.25) is 21.8 Å². The first kappa shape index (κ1) is 25.6. The summed E-state index contributed by atoms with van der Waals surface area (Å²) in [5, 5.41) is 2.82. The Hall–Kier alpha value is -3.44. The number of aryl methyl sites for hydroxylation is 1. The SMILES string of the molecule is Cc1cc(CNC(=O)[C@@H]2CCCN2S(=O)(=O)c2ccc(F)cc2)cc(-c2ccc(OC(F)F)nc2)c1. The molecule has 1 aliphatic rings. The fourth-order valence-electron chi connectivity index (χ4n) is 4.18. The van der Waals surface area contributed by atoms with Gasteiger partial charge < -0.3 is 10.1 Å². The van der Waals surface area contributed by atoms with Gasteiger partial charge in [-0.25, -0.2) is 17.8 Å². The first-order valence-electron chi connectivity index (χ1n) is 11.2. The predicted molar refractivity (Wildman–Crippen MR) is 126 cm³/mol. The van der Waals surface area contributed by atoms with Crippen molar-refractivity contribution >= 4 is 15.9 Å². The molecule has 4 rings (SSSR count). The zero-order chi connectivity index (χ0) is 25.9. The molecule has 1 aliphatic heterocycles. The Labute approximate surface area is 207 Å². The molecule has 2 heterocycles. The Morgan fingerprint density at radius 2 is 1.89 bits per heavy atom. The predicted octanol–water partition coefficient (Wildman–Crippen LogP) is 4.27. The molecule has 1 fully saturated rings. The summed E-state index contributed by atoms with van der Waals surface area (Å²) in [6.45, 7) is -0.720. The number of pyridine rings is 1. The van der Waals surface area contributed by atoms with E-state index in [1.807, 2.05) is 25.1 Å². The van der Waals surface area contributed by atoms with E-state index in [-0.39, 0.29) is 23.9 Å². The van der Waals surface area contributed by atoms with E-state index >= 15 is 0 Å². The van der Waals surface area contributed by atoms with Crippen LogP contribution in [-0.2, 0) is 21.4 Å². The molecular weight excluding hydrogens is 495 g/mol. The minimum Gasteiger partial charge on any atom is -0.417 e. The lowest BCUT2D eigenvalue weighted by Gasteiger charge is -2.23. The number of alkyl halides is 2. The zero-order valence-electron chi connectivity index (χ0n) is 19.3. The van der Waals surface area contributed by atoms with Gasteiger partial charge in [0.05, 0.1) is 4.90 Å². The van der Waals surface area contributed by atoms with Gasteiger partial charge in [-0.2, -0.15) is 13.1 Å². The first-order valence-corrected chi connectivity index (χ1v) is 12.6. The van der Waals surface area contributed by atoms with Gasteiger partial charge in [-0.05, 0) is 67.3 Å². The second-order valence-electron chi connectivity index (χ2n) is 8.42. The van der Waals surface area contributed by atoms with Gasteiger partial charge >= 0.3 is 6.61 Å². The second kappa shape index (κ2) is 10.7. The highest BCUT2D eigenvalue weighted by Crippen LogP contribution is 2.27. The molecule has 2 aromatic carbocycles. The third-order valence-corrected chi connectivity index (χ3v) is 7.73. The standard InChI is InChI=1S/C25H24F3N3O4S/c1-16-11-17(13-19(12-16)18-4-9-23(29-15-18)35-25(27)28)14-30-24(32)22-3-2-10-31(22)36(33,34)21-7-5-20(26)6-8-21/h4-9,11-13,15,22,25H,2-3,10,14H2,1H3,(H,30,32)/t22-/m0/s1. The van der Waals surface area contributed by atoms with E-state index in [1.165, 1.54) is 24.4 Å². The topological polar surface area (TPSA) is 88.6 Å². The number of aromatic nitrogens is 1. The van der Waals surface area contributed by atoms with Crippen molar-refractivity contribution in [2.75, 3.05) is 6.54 Å². The number of nitrogens with zero attached hydrogens (tertiary/aromatic N) is 2. The smallest absolute Gasteiger partial charge is 0.388 e. The molecule has 0 radical (unpaired) electrons. The average Bonchev–Trinajstić information content (AvgIpc) is 3.34. The normalized spacial score (nSPS) is 16.3. The lowest BCUT2D eigenvalue weighted by Crippen LogP contribution is -2.45. The number of carbonyl (C=O) groups excluding carboxylic acids is 1. The molecule has 0 spiro atoms. The number of carbonyl (C=O) groups is 1. The van der Waals surface area contributed by atoms with Gasteiger partial charge in [0, 0.05) is 30.9 Å². The minimum atomic E-state index is -3.95. The molecule has 11 heteroatoms. The Morgan fingerprint density at radius 1 is 1.14 bits per heavy atom. The van der Waals surface area contributed by atoms with Crippen molar-refractivity contribution in [3.05, 3.63) is 77.7 Å². The molecule has 0 saturated carbocycles. The molecule has 0 bridgehead atoms. The Bertz CT molecular complexity index is 1330. The molecule has 0 unspecified atom stereocenters. The number of nitrogens with one attached hydrogen (secondary N) is 1. The van der Waals surface area contributed by atoms with Gasteiger partial charge in [0.15, 0.2) is 0 Å². The van der Waals surface area contributed by atoms with Crippen molar-refractivity contribution in [2.24, 2.45) is 0 Å². The highest BCUT2D eigenvalue weighted by Gasteiger charge is 2.39. The molecule has 1 atom stereocenters. The lowest BCUT2D eigenvalue weighted by molar-refractivity contribution is -0.124. The Morgan fingerprint density at radius 3 is 2.56 bits per heavy atom. The number of halogens is 3. The third-order valence-electron chi connectivity index (χ3n) is 5.81. The summed E-state index contributed by atoms with van der Waals surface area (Å²) in [6, 6.07) is 12.2. The fourth-order valence-corrected chi connectivity index (χ4v) is 5.84. The van der Waals surface area contributed by atoms with Crippen molar-refractivity contribution in [3.63, 3.8) is 0 Å². The van der Waals surface area contributed by atoms with Crippen molar-refractivity contribution in [2.45, 2.75) is 43.9 Å². The van der Waals surface area contributed by atoms with Crippen LogP contribution >= 0.6 is 0 Å². The van der Waals surface area contributed by atoms with Crippen LogP contribution in [0.1, 0.15) is 24.0 Å². The van der Waals surface area contributed by atoms with E-state index in [0.29, 0.717) is 18.4 Å². The van der Waals surface area contributed by atoms with Crippen LogP contribution in [0.25, 0.3) is 11.1 Å². The number of sulfonamides is 1. The molecule has 1 aromatic heterocycles. The summed E-state index contributed by atoms with van der Waals surface area (Å²) in [4.78, 5) is 16.8. The first-order chi connectivity index (χ1) is 17.1. The van der Waals surface area contributed by atoms with Crippen LogP contribution in [0.4, 0.5) is 13.2 Å².